The third-order valence-corrected chi connectivity index (χ3v) is 5.97. The first-order valence-electron chi connectivity index (χ1n) is 6.79. The van der Waals surface area contributed by atoms with Crippen LogP contribution < -0.4 is 5.32 Å². The van der Waals surface area contributed by atoms with Crippen LogP contribution in [0.3, 0.4) is 0 Å². The van der Waals surface area contributed by atoms with E-state index in [1.165, 1.54) is 6.07 Å². The zero-order chi connectivity index (χ0) is 17.5. The molecule has 1 amide bonds. The van der Waals surface area contributed by atoms with Gasteiger partial charge in [-0.1, -0.05) is 23.7 Å². The lowest BCUT2D eigenvalue weighted by molar-refractivity contribution is 0.183. The molecule has 23 heavy (non-hydrogen) atoms. The van der Waals surface area contributed by atoms with Crippen molar-refractivity contribution in [2.24, 2.45) is 0 Å². The van der Waals surface area contributed by atoms with Crippen LogP contribution in [0.2, 0.25) is 5.02 Å². The minimum Gasteiger partial charge on any atom is -0.465 e. The molecule has 2 rings (SSSR count). The Morgan fingerprint density at radius 1 is 1.39 bits per heavy atom. The van der Waals surface area contributed by atoms with Crippen molar-refractivity contribution in [3.63, 3.8) is 0 Å². The Bertz CT molecular complexity index is 687. The molecule has 126 valence electrons. The van der Waals surface area contributed by atoms with Gasteiger partial charge >= 0.3 is 6.09 Å². The van der Waals surface area contributed by atoms with E-state index >= 15 is 0 Å². The molecule has 2 atom stereocenters. The van der Waals surface area contributed by atoms with Gasteiger partial charge in [-0.25, -0.2) is 13.2 Å². The van der Waals surface area contributed by atoms with Crippen LogP contribution in [0.15, 0.2) is 29.2 Å². The quantitative estimate of drug-likeness (QED) is 0.705. The Morgan fingerprint density at radius 3 is 2.48 bits per heavy atom. The number of benzene rings is 1. The second-order valence-corrected chi connectivity index (χ2v) is 7.48. The van der Waals surface area contributed by atoms with Gasteiger partial charge in [-0.05, 0) is 31.4 Å². The zero-order valence-corrected chi connectivity index (χ0v) is 13.7. The van der Waals surface area contributed by atoms with Crippen LogP contribution in [-0.4, -0.2) is 42.6 Å². The molecule has 0 spiro atoms. The van der Waals surface area contributed by atoms with Crippen molar-refractivity contribution < 1.29 is 23.4 Å². The van der Waals surface area contributed by atoms with Crippen molar-refractivity contribution in [2.45, 2.75) is 35.5 Å². The summed E-state index contributed by atoms with van der Waals surface area (Å²) >= 11 is 5.88. The summed E-state index contributed by atoms with van der Waals surface area (Å²) in [5.74, 6) is 0. The first-order valence-corrected chi connectivity index (χ1v) is 8.71. The lowest BCUT2D eigenvalue weighted by Gasteiger charge is -2.12. The van der Waals surface area contributed by atoms with E-state index in [0.29, 0.717) is 19.3 Å². The van der Waals surface area contributed by atoms with Crippen LogP contribution in [0.25, 0.3) is 0 Å². The summed E-state index contributed by atoms with van der Waals surface area (Å²) < 4.78 is 24.4. The van der Waals surface area contributed by atoms with Crippen molar-refractivity contribution >= 4 is 27.5 Å². The molecule has 0 aromatic heterocycles. The minimum absolute atomic E-state index is 0.144. The Kier molecular flexibility index (Phi) is 7.29. The molecule has 1 fully saturated rings. The summed E-state index contributed by atoms with van der Waals surface area (Å²) in [6.45, 7) is -0.144. The number of carbonyl (C=O) groups is 1. The largest absolute Gasteiger partial charge is 0.465 e. The maximum atomic E-state index is 12.2. The number of hydrogen-bond acceptors (Lipinski definition) is 5. The Labute approximate surface area is 139 Å². The molecule has 1 saturated carbocycles. The molecular formula is C14H17ClN2O5S. The standard InChI is InChI=1S/C11H13ClO3S.C3H4N2O2/c12-10-3-1-2-4-11(10)16(14,15)9-6-5-8(13)7-9;4-1-2-5-3(6)7/h1-4,8-9,13H,5-7H2;5H,2H2,(H,6,7)/t8-,9+;/m0./s1. The molecule has 0 heterocycles. The van der Waals surface area contributed by atoms with Gasteiger partial charge in [-0.15, -0.1) is 0 Å². The normalized spacial score (nSPS) is 20.0. The highest BCUT2D eigenvalue weighted by Crippen LogP contribution is 2.32. The molecule has 1 aromatic carbocycles. The molecule has 0 aliphatic heterocycles. The average Bonchev–Trinajstić information content (AvgIpc) is 2.93. The smallest absolute Gasteiger partial charge is 0.405 e. The van der Waals surface area contributed by atoms with E-state index in [0.717, 1.165) is 0 Å². The van der Waals surface area contributed by atoms with Crippen molar-refractivity contribution in [1.29, 1.82) is 5.26 Å². The predicted molar refractivity (Wildman–Crippen MR) is 83.9 cm³/mol. The van der Waals surface area contributed by atoms with Crippen LogP contribution in [0.5, 0.6) is 0 Å². The number of aliphatic hydroxyl groups is 1. The monoisotopic (exact) mass is 360 g/mol. The van der Waals surface area contributed by atoms with Gasteiger partial charge in [-0.3, -0.25) is 0 Å². The number of nitrogens with one attached hydrogen (secondary N) is 1. The van der Waals surface area contributed by atoms with Gasteiger partial charge in [0.1, 0.15) is 6.54 Å². The van der Waals surface area contributed by atoms with E-state index in [9.17, 15) is 18.3 Å². The number of nitrogens with zero attached hydrogens (tertiary/aromatic N) is 1. The zero-order valence-electron chi connectivity index (χ0n) is 12.1. The van der Waals surface area contributed by atoms with Gasteiger partial charge in [-0.2, -0.15) is 5.26 Å². The molecule has 1 aliphatic carbocycles. The molecule has 9 heteroatoms. The molecular weight excluding hydrogens is 344 g/mol. The Hall–Kier alpha value is -1.82. The van der Waals surface area contributed by atoms with Crippen molar-refractivity contribution in [2.75, 3.05) is 6.54 Å². The summed E-state index contributed by atoms with van der Waals surface area (Å²) in [6, 6.07) is 8.05. The first-order chi connectivity index (χ1) is 10.8. The highest BCUT2D eigenvalue weighted by atomic mass is 35.5. The molecule has 0 bridgehead atoms. The maximum absolute atomic E-state index is 12.2. The predicted octanol–water partition coefficient (Wildman–Crippen LogP) is 1.80. The second-order valence-electron chi connectivity index (χ2n) is 4.88. The van der Waals surface area contributed by atoms with Gasteiger partial charge < -0.3 is 15.5 Å². The van der Waals surface area contributed by atoms with Gasteiger partial charge in [0.25, 0.3) is 0 Å². The molecule has 3 N–H and O–H groups in total. The van der Waals surface area contributed by atoms with Crippen LogP contribution in [0.4, 0.5) is 4.79 Å². The minimum atomic E-state index is -3.39. The maximum Gasteiger partial charge on any atom is 0.405 e. The van der Waals surface area contributed by atoms with Crippen LogP contribution >= 0.6 is 11.6 Å². The van der Waals surface area contributed by atoms with E-state index in [4.69, 9.17) is 22.0 Å². The fourth-order valence-corrected chi connectivity index (χ4v) is 4.52. The SMILES string of the molecule is N#CCNC(=O)O.O=S(=O)(c1ccccc1Cl)[C@@H]1CC[C@H](O)C1. The lowest BCUT2D eigenvalue weighted by Crippen LogP contribution is -2.20. The second kappa shape index (κ2) is 8.72. The molecule has 0 saturated heterocycles. The van der Waals surface area contributed by atoms with E-state index in [1.807, 2.05) is 5.32 Å². The fraction of sp³-hybridized carbons (Fsp3) is 0.429. The van der Waals surface area contributed by atoms with Gasteiger partial charge in [0.05, 0.1) is 27.3 Å². The van der Waals surface area contributed by atoms with Gasteiger partial charge in [0, 0.05) is 0 Å². The number of rotatable bonds is 3. The number of sulfone groups is 1. The van der Waals surface area contributed by atoms with Crippen LogP contribution in [0, 0.1) is 11.3 Å². The Morgan fingerprint density at radius 2 is 2.04 bits per heavy atom. The number of carboxylic acid groups (broad SMARTS) is 1. The van der Waals surface area contributed by atoms with Gasteiger partial charge in [0.15, 0.2) is 9.84 Å². The molecule has 1 aromatic rings. The third kappa shape index (κ3) is 5.71. The molecule has 0 unspecified atom stereocenters. The summed E-state index contributed by atoms with van der Waals surface area (Å²) in [4.78, 5) is 9.67. The van der Waals surface area contributed by atoms with Crippen LogP contribution in [-0.2, 0) is 9.84 Å². The summed E-state index contributed by atoms with van der Waals surface area (Å²) in [6.07, 6.45) is -0.291. The summed E-state index contributed by atoms with van der Waals surface area (Å²) in [7, 11) is -3.39. The highest BCUT2D eigenvalue weighted by Gasteiger charge is 2.35. The highest BCUT2D eigenvalue weighted by molar-refractivity contribution is 7.92. The first kappa shape index (κ1) is 19.2. The molecule has 1 aliphatic rings. The number of aliphatic hydroxyl groups excluding tert-OH is 1. The van der Waals surface area contributed by atoms with Crippen LogP contribution in [0.1, 0.15) is 19.3 Å². The lowest BCUT2D eigenvalue weighted by atomic mass is 10.3. The number of hydrogen-bond donors (Lipinski definition) is 3. The van der Waals surface area contributed by atoms with E-state index < -0.39 is 27.3 Å². The summed E-state index contributed by atoms with van der Waals surface area (Å²) in [5, 5.41) is 26.5. The van der Waals surface area contributed by atoms with Gasteiger partial charge in [0.2, 0.25) is 0 Å². The Balaban J connectivity index is 0.000000322. The van der Waals surface area contributed by atoms with E-state index in [2.05, 4.69) is 0 Å². The average molecular weight is 361 g/mol. The molecule has 0 radical (unpaired) electrons. The third-order valence-electron chi connectivity index (χ3n) is 3.26. The number of nitriles is 1. The fourth-order valence-electron chi connectivity index (χ4n) is 2.17. The number of amides is 1. The van der Waals surface area contributed by atoms with Crippen molar-refractivity contribution in [3.8, 4) is 6.07 Å². The van der Waals surface area contributed by atoms with E-state index in [-0.39, 0.29) is 16.5 Å². The number of halogens is 1. The molecule has 7 nitrogen and oxygen atoms in total. The van der Waals surface area contributed by atoms with Crippen molar-refractivity contribution in [1.82, 2.24) is 5.32 Å². The van der Waals surface area contributed by atoms with Crippen molar-refractivity contribution in [3.05, 3.63) is 29.3 Å². The topological polar surface area (TPSA) is 127 Å². The van der Waals surface area contributed by atoms with E-state index in [1.54, 1.807) is 24.3 Å². The summed E-state index contributed by atoms with van der Waals surface area (Å²) in [5.41, 5.74) is 0.